The predicted octanol–water partition coefficient (Wildman–Crippen LogP) is 3.58. The van der Waals surface area contributed by atoms with Crippen LogP contribution in [0.2, 0.25) is 0 Å². The fourth-order valence-corrected chi connectivity index (χ4v) is 2.31. The summed E-state index contributed by atoms with van der Waals surface area (Å²) in [7, 11) is 1.75. The van der Waals surface area contributed by atoms with Crippen molar-refractivity contribution >= 4 is 0 Å². The van der Waals surface area contributed by atoms with Gasteiger partial charge in [0.2, 0.25) is 0 Å². The van der Waals surface area contributed by atoms with Gasteiger partial charge in [0.1, 0.15) is 0 Å². The summed E-state index contributed by atoms with van der Waals surface area (Å²) in [5.41, 5.74) is 2.80. The van der Waals surface area contributed by atoms with Gasteiger partial charge in [-0.25, -0.2) is 0 Å². The molecular formula is C17H29NO. The summed E-state index contributed by atoms with van der Waals surface area (Å²) in [6.45, 7) is 7.25. The first-order valence-corrected chi connectivity index (χ1v) is 7.51. The van der Waals surface area contributed by atoms with Gasteiger partial charge in [-0.05, 0) is 37.8 Å². The first kappa shape index (κ1) is 16.2. The van der Waals surface area contributed by atoms with Gasteiger partial charge in [0.05, 0.1) is 6.61 Å². The Morgan fingerprint density at radius 2 is 1.95 bits per heavy atom. The van der Waals surface area contributed by atoms with Crippen LogP contribution < -0.4 is 5.32 Å². The number of ether oxygens (including phenoxy) is 1. The molecule has 0 fully saturated rings. The number of unbranched alkanes of at least 4 members (excludes halogenated alkanes) is 1. The van der Waals surface area contributed by atoms with E-state index in [4.69, 9.17) is 4.74 Å². The molecule has 0 amide bonds. The van der Waals surface area contributed by atoms with Gasteiger partial charge in [-0.2, -0.15) is 0 Å². The van der Waals surface area contributed by atoms with E-state index in [0.29, 0.717) is 0 Å². The fraction of sp³-hybridized carbons (Fsp3) is 0.647. The maximum Gasteiger partial charge on any atom is 0.0587 e. The summed E-state index contributed by atoms with van der Waals surface area (Å²) >= 11 is 0. The second kappa shape index (κ2) is 9.99. The first-order chi connectivity index (χ1) is 9.26. The Balaban J connectivity index is 2.41. The quantitative estimate of drug-likeness (QED) is 0.651. The standard InChI is InChI=1S/C17H29NO/c1-4-5-6-17(14-18-11-12-19-3)13-16-9-7-15(2)8-10-16/h7-10,17-18H,4-6,11-14H2,1-3H3. The van der Waals surface area contributed by atoms with Gasteiger partial charge in [-0.3, -0.25) is 0 Å². The third kappa shape index (κ3) is 7.34. The zero-order chi connectivity index (χ0) is 13.9. The predicted molar refractivity (Wildman–Crippen MR) is 82.6 cm³/mol. The Morgan fingerprint density at radius 1 is 1.21 bits per heavy atom. The Morgan fingerprint density at radius 3 is 2.58 bits per heavy atom. The van der Waals surface area contributed by atoms with Crippen LogP contribution in [0, 0.1) is 12.8 Å². The third-order valence-corrected chi connectivity index (χ3v) is 3.53. The van der Waals surface area contributed by atoms with Crippen LogP contribution in [0.3, 0.4) is 0 Å². The molecule has 0 aromatic heterocycles. The van der Waals surface area contributed by atoms with E-state index in [0.717, 1.165) is 25.6 Å². The molecule has 0 heterocycles. The largest absolute Gasteiger partial charge is 0.383 e. The minimum atomic E-state index is 0.736. The van der Waals surface area contributed by atoms with E-state index in [1.165, 1.54) is 36.8 Å². The summed E-state index contributed by atoms with van der Waals surface area (Å²) in [6, 6.07) is 8.96. The molecule has 1 aromatic rings. The van der Waals surface area contributed by atoms with Crippen molar-refractivity contribution in [2.45, 2.75) is 39.5 Å². The molecule has 1 rings (SSSR count). The van der Waals surface area contributed by atoms with Crippen molar-refractivity contribution in [1.82, 2.24) is 5.32 Å². The van der Waals surface area contributed by atoms with Gasteiger partial charge in [-0.1, -0.05) is 49.6 Å². The van der Waals surface area contributed by atoms with Crippen LogP contribution in [0.1, 0.15) is 37.3 Å². The van der Waals surface area contributed by atoms with Gasteiger partial charge in [0.15, 0.2) is 0 Å². The van der Waals surface area contributed by atoms with Crippen molar-refractivity contribution in [1.29, 1.82) is 0 Å². The zero-order valence-electron chi connectivity index (χ0n) is 12.7. The van der Waals surface area contributed by atoms with Crippen molar-refractivity contribution in [3.63, 3.8) is 0 Å². The lowest BCUT2D eigenvalue weighted by atomic mass is 9.93. The topological polar surface area (TPSA) is 21.3 Å². The highest BCUT2D eigenvalue weighted by molar-refractivity contribution is 5.21. The van der Waals surface area contributed by atoms with Crippen molar-refractivity contribution in [3.05, 3.63) is 35.4 Å². The molecule has 1 unspecified atom stereocenters. The summed E-state index contributed by atoms with van der Waals surface area (Å²) in [5, 5.41) is 3.50. The molecule has 1 atom stereocenters. The molecule has 0 aliphatic heterocycles. The van der Waals surface area contributed by atoms with E-state index in [1.54, 1.807) is 7.11 Å². The average molecular weight is 263 g/mol. The highest BCUT2D eigenvalue weighted by Crippen LogP contribution is 2.15. The zero-order valence-corrected chi connectivity index (χ0v) is 12.7. The van der Waals surface area contributed by atoms with Gasteiger partial charge in [0, 0.05) is 13.7 Å². The molecule has 1 aromatic carbocycles. The van der Waals surface area contributed by atoms with Crippen LogP contribution in [0.15, 0.2) is 24.3 Å². The second-order valence-corrected chi connectivity index (χ2v) is 5.39. The van der Waals surface area contributed by atoms with Gasteiger partial charge in [0.25, 0.3) is 0 Å². The van der Waals surface area contributed by atoms with Crippen LogP contribution in [0.4, 0.5) is 0 Å². The van der Waals surface area contributed by atoms with Crippen molar-refractivity contribution < 1.29 is 4.74 Å². The monoisotopic (exact) mass is 263 g/mol. The maximum absolute atomic E-state index is 5.07. The molecule has 0 spiro atoms. The molecule has 0 saturated heterocycles. The Kier molecular flexibility index (Phi) is 8.52. The fourth-order valence-electron chi connectivity index (χ4n) is 2.31. The van der Waals surface area contributed by atoms with Gasteiger partial charge < -0.3 is 10.1 Å². The number of benzene rings is 1. The van der Waals surface area contributed by atoms with E-state index in [2.05, 4.69) is 43.4 Å². The molecule has 1 N–H and O–H groups in total. The van der Waals surface area contributed by atoms with Crippen molar-refractivity contribution in [3.8, 4) is 0 Å². The Labute approximate surface area is 118 Å². The molecule has 0 aliphatic carbocycles. The molecule has 0 bridgehead atoms. The van der Waals surface area contributed by atoms with Crippen LogP contribution in [-0.4, -0.2) is 26.8 Å². The molecule has 2 nitrogen and oxygen atoms in total. The molecule has 19 heavy (non-hydrogen) atoms. The van der Waals surface area contributed by atoms with E-state index >= 15 is 0 Å². The summed E-state index contributed by atoms with van der Waals surface area (Å²) < 4.78 is 5.07. The third-order valence-electron chi connectivity index (χ3n) is 3.53. The highest BCUT2D eigenvalue weighted by Gasteiger charge is 2.09. The second-order valence-electron chi connectivity index (χ2n) is 5.39. The average Bonchev–Trinajstić information content (AvgIpc) is 2.43. The SMILES string of the molecule is CCCCC(CNCCOC)Cc1ccc(C)cc1. The maximum atomic E-state index is 5.07. The molecule has 0 saturated carbocycles. The molecule has 0 aliphatic rings. The smallest absolute Gasteiger partial charge is 0.0587 e. The number of hydrogen-bond acceptors (Lipinski definition) is 2. The van der Waals surface area contributed by atoms with Crippen LogP contribution in [-0.2, 0) is 11.2 Å². The lowest BCUT2D eigenvalue weighted by Gasteiger charge is -2.17. The van der Waals surface area contributed by atoms with E-state index in [1.807, 2.05) is 0 Å². The highest BCUT2D eigenvalue weighted by atomic mass is 16.5. The van der Waals surface area contributed by atoms with Crippen molar-refractivity contribution in [2.24, 2.45) is 5.92 Å². The van der Waals surface area contributed by atoms with E-state index in [9.17, 15) is 0 Å². The molecular weight excluding hydrogens is 234 g/mol. The summed E-state index contributed by atoms with van der Waals surface area (Å²) in [6.07, 6.45) is 5.09. The summed E-state index contributed by atoms with van der Waals surface area (Å²) in [5.74, 6) is 0.736. The first-order valence-electron chi connectivity index (χ1n) is 7.51. The normalized spacial score (nSPS) is 12.6. The number of aryl methyl sites for hydroxylation is 1. The molecule has 108 valence electrons. The van der Waals surface area contributed by atoms with Crippen LogP contribution >= 0.6 is 0 Å². The lowest BCUT2D eigenvalue weighted by molar-refractivity contribution is 0.197. The van der Waals surface area contributed by atoms with Crippen LogP contribution in [0.25, 0.3) is 0 Å². The number of nitrogens with one attached hydrogen (secondary N) is 1. The van der Waals surface area contributed by atoms with Gasteiger partial charge >= 0.3 is 0 Å². The number of rotatable bonds is 10. The van der Waals surface area contributed by atoms with E-state index in [-0.39, 0.29) is 0 Å². The minimum Gasteiger partial charge on any atom is -0.383 e. The van der Waals surface area contributed by atoms with Crippen molar-refractivity contribution in [2.75, 3.05) is 26.8 Å². The molecule has 0 radical (unpaired) electrons. The van der Waals surface area contributed by atoms with Crippen LogP contribution in [0.5, 0.6) is 0 Å². The summed E-state index contributed by atoms with van der Waals surface area (Å²) in [4.78, 5) is 0. The molecule has 2 heteroatoms. The lowest BCUT2D eigenvalue weighted by Crippen LogP contribution is -2.27. The number of methoxy groups -OCH3 is 1. The minimum absolute atomic E-state index is 0.736. The van der Waals surface area contributed by atoms with Gasteiger partial charge in [-0.15, -0.1) is 0 Å². The number of hydrogen-bond donors (Lipinski definition) is 1. The van der Waals surface area contributed by atoms with E-state index < -0.39 is 0 Å². The Bertz CT molecular complexity index is 321. The Hall–Kier alpha value is -0.860.